The molecule has 1 aliphatic heterocycles. The molecule has 0 saturated carbocycles. The van der Waals surface area contributed by atoms with Crippen molar-refractivity contribution >= 4 is 41.7 Å². The van der Waals surface area contributed by atoms with E-state index in [1.165, 1.54) is 0 Å². The highest BCUT2D eigenvalue weighted by Crippen LogP contribution is 2.22. The van der Waals surface area contributed by atoms with Gasteiger partial charge < -0.3 is 4.90 Å². The molecule has 2 rings (SSSR count). The van der Waals surface area contributed by atoms with Crippen LogP contribution in [0.25, 0.3) is 0 Å². The highest BCUT2D eigenvalue weighted by molar-refractivity contribution is 6.34. The summed E-state index contributed by atoms with van der Waals surface area (Å²) in [6, 6.07) is 4.79. The van der Waals surface area contributed by atoms with Gasteiger partial charge in [-0.3, -0.25) is 9.59 Å². The van der Waals surface area contributed by atoms with Gasteiger partial charge in [0, 0.05) is 23.0 Å². The first-order valence-corrected chi connectivity index (χ1v) is 7.52. The largest absolute Gasteiger partial charge is 0.331 e. The normalized spacial score (nSPS) is 17.8. The van der Waals surface area contributed by atoms with Crippen molar-refractivity contribution in [2.24, 2.45) is 4.99 Å². The first-order chi connectivity index (χ1) is 10.0. The summed E-state index contributed by atoms with van der Waals surface area (Å²) in [4.78, 5) is 28.9. The summed E-state index contributed by atoms with van der Waals surface area (Å²) < 4.78 is 0. The average molecular weight is 327 g/mol. The molecule has 1 atom stereocenters. The SMILES string of the molecule is C=NC(=O)[C@@H]1CCCN1C(=O)CCc1cc(Cl)cc(Cl)c1. The minimum absolute atomic E-state index is 0.0504. The fourth-order valence-corrected chi connectivity index (χ4v) is 3.15. The zero-order chi connectivity index (χ0) is 15.4. The molecule has 0 bridgehead atoms. The predicted molar refractivity (Wildman–Crippen MR) is 84.1 cm³/mol. The maximum Gasteiger partial charge on any atom is 0.267 e. The van der Waals surface area contributed by atoms with Crippen LogP contribution in [0.3, 0.4) is 0 Å². The third-order valence-corrected chi connectivity index (χ3v) is 4.00. The lowest BCUT2D eigenvalue weighted by Crippen LogP contribution is -2.39. The number of hydrogen-bond donors (Lipinski definition) is 0. The second kappa shape index (κ2) is 7.05. The zero-order valence-electron chi connectivity index (χ0n) is 11.5. The number of carbonyl (C=O) groups excluding carboxylic acids is 2. The van der Waals surface area contributed by atoms with E-state index >= 15 is 0 Å². The third kappa shape index (κ3) is 4.05. The molecule has 1 heterocycles. The maximum atomic E-state index is 12.3. The van der Waals surface area contributed by atoms with Crippen molar-refractivity contribution in [2.45, 2.75) is 31.7 Å². The third-order valence-electron chi connectivity index (χ3n) is 3.56. The molecular weight excluding hydrogens is 311 g/mol. The van der Waals surface area contributed by atoms with Gasteiger partial charge in [-0.25, -0.2) is 4.99 Å². The Morgan fingerprint density at radius 2 is 1.95 bits per heavy atom. The fraction of sp³-hybridized carbons (Fsp3) is 0.400. The van der Waals surface area contributed by atoms with Crippen LogP contribution in [-0.2, 0) is 16.0 Å². The highest BCUT2D eigenvalue weighted by atomic mass is 35.5. The molecule has 0 radical (unpaired) electrons. The van der Waals surface area contributed by atoms with E-state index in [4.69, 9.17) is 23.2 Å². The molecule has 0 spiro atoms. The Balaban J connectivity index is 1.98. The Labute approximate surface area is 133 Å². The Kier molecular flexibility index (Phi) is 5.37. The van der Waals surface area contributed by atoms with Gasteiger partial charge in [0.1, 0.15) is 6.04 Å². The number of hydrogen-bond acceptors (Lipinski definition) is 2. The van der Waals surface area contributed by atoms with E-state index in [-0.39, 0.29) is 11.8 Å². The number of aliphatic imine (C=N–C) groups is 1. The summed E-state index contributed by atoms with van der Waals surface area (Å²) in [5.41, 5.74) is 0.907. The number of nitrogens with zero attached hydrogens (tertiary/aromatic N) is 2. The number of amides is 2. The molecule has 0 aromatic heterocycles. The molecule has 6 heteroatoms. The molecule has 1 aromatic carbocycles. The molecule has 1 fully saturated rings. The van der Waals surface area contributed by atoms with Crippen LogP contribution in [0.2, 0.25) is 10.0 Å². The van der Waals surface area contributed by atoms with Crippen LogP contribution in [0, 0.1) is 0 Å². The van der Waals surface area contributed by atoms with E-state index in [1.54, 1.807) is 23.1 Å². The van der Waals surface area contributed by atoms with Gasteiger partial charge in [0.15, 0.2) is 0 Å². The second-order valence-electron chi connectivity index (χ2n) is 5.02. The zero-order valence-corrected chi connectivity index (χ0v) is 13.0. The summed E-state index contributed by atoms with van der Waals surface area (Å²) >= 11 is 11.9. The maximum absolute atomic E-state index is 12.3. The van der Waals surface area contributed by atoms with E-state index in [9.17, 15) is 9.59 Å². The Bertz CT molecular complexity index is 555. The van der Waals surface area contributed by atoms with Crippen LogP contribution < -0.4 is 0 Å². The van der Waals surface area contributed by atoms with Crippen LogP contribution in [0.5, 0.6) is 0 Å². The first kappa shape index (κ1) is 16.0. The number of rotatable bonds is 4. The smallest absolute Gasteiger partial charge is 0.267 e. The molecular formula is C15H16Cl2N2O2. The molecule has 1 aromatic rings. The number of carbonyl (C=O) groups is 2. The summed E-state index contributed by atoms with van der Waals surface area (Å²) in [5, 5.41) is 1.10. The van der Waals surface area contributed by atoms with Gasteiger partial charge in [0.2, 0.25) is 5.91 Å². The number of aryl methyl sites for hydroxylation is 1. The van der Waals surface area contributed by atoms with Gasteiger partial charge in [0.25, 0.3) is 5.91 Å². The Morgan fingerprint density at radius 3 is 2.57 bits per heavy atom. The molecule has 2 amide bonds. The van der Waals surface area contributed by atoms with Crippen LogP contribution in [0.1, 0.15) is 24.8 Å². The van der Waals surface area contributed by atoms with Gasteiger partial charge in [0.05, 0.1) is 0 Å². The molecule has 4 nitrogen and oxygen atoms in total. The monoisotopic (exact) mass is 326 g/mol. The minimum Gasteiger partial charge on any atom is -0.331 e. The Morgan fingerprint density at radius 1 is 1.29 bits per heavy atom. The summed E-state index contributed by atoms with van der Waals surface area (Å²) in [6.45, 7) is 3.84. The molecule has 0 N–H and O–H groups in total. The van der Waals surface area contributed by atoms with Crippen LogP contribution >= 0.6 is 23.2 Å². The van der Waals surface area contributed by atoms with E-state index in [1.807, 2.05) is 0 Å². The summed E-state index contributed by atoms with van der Waals surface area (Å²) in [6.07, 6.45) is 2.34. The molecule has 1 aliphatic rings. The van der Waals surface area contributed by atoms with Crippen LogP contribution in [0.15, 0.2) is 23.2 Å². The number of likely N-dealkylation sites (tertiary alicyclic amines) is 1. The minimum atomic E-state index is -0.446. The van der Waals surface area contributed by atoms with E-state index in [0.717, 1.165) is 12.0 Å². The lowest BCUT2D eigenvalue weighted by atomic mass is 10.1. The van der Waals surface area contributed by atoms with Gasteiger partial charge in [-0.2, -0.15) is 0 Å². The van der Waals surface area contributed by atoms with E-state index < -0.39 is 6.04 Å². The molecule has 0 unspecified atom stereocenters. The quantitative estimate of drug-likeness (QED) is 0.798. The molecule has 1 saturated heterocycles. The van der Waals surface area contributed by atoms with E-state index in [2.05, 4.69) is 11.7 Å². The van der Waals surface area contributed by atoms with Crippen molar-refractivity contribution < 1.29 is 9.59 Å². The number of halogens is 2. The van der Waals surface area contributed by atoms with Gasteiger partial charge >= 0.3 is 0 Å². The topological polar surface area (TPSA) is 49.7 Å². The van der Waals surface area contributed by atoms with Gasteiger partial charge in [-0.15, -0.1) is 0 Å². The lowest BCUT2D eigenvalue weighted by molar-refractivity contribution is -0.137. The van der Waals surface area contributed by atoms with E-state index in [0.29, 0.717) is 35.9 Å². The predicted octanol–water partition coefficient (Wildman–Crippen LogP) is 3.14. The van der Waals surface area contributed by atoms with Crippen molar-refractivity contribution in [3.8, 4) is 0 Å². The standard InChI is InChI=1S/C15H16Cl2N2O2/c1-18-15(21)13-3-2-6-19(13)14(20)5-4-10-7-11(16)9-12(17)8-10/h7-9,13H,1-6H2/t13-/m0/s1. The van der Waals surface area contributed by atoms with Crippen LogP contribution in [-0.4, -0.2) is 36.0 Å². The molecule has 21 heavy (non-hydrogen) atoms. The average Bonchev–Trinajstić information content (AvgIpc) is 2.92. The second-order valence-corrected chi connectivity index (χ2v) is 5.89. The van der Waals surface area contributed by atoms with Crippen molar-refractivity contribution in [3.63, 3.8) is 0 Å². The summed E-state index contributed by atoms with van der Waals surface area (Å²) in [5.74, 6) is -0.378. The van der Waals surface area contributed by atoms with Gasteiger partial charge in [-0.1, -0.05) is 23.2 Å². The number of benzene rings is 1. The molecule has 0 aliphatic carbocycles. The summed E-state index contributed by atoms with van der Waals surface area (Å²) in [7, 11) is 0. The molecule has 112 valence electrons. The van der Waals surface area contributed by atoms with Crippen molar-refractivity contribution in [2.75, 3.05) is 6.54 Å². The highest BCUT2D eigenvalue weighted by Gasteiger charge is 2.33. The van der Waals surface area contributed by atoms with Gasteiger partial charge in [-0.05, 0) is 49.7 Å². The fourth-order valence-electron chi connectivity index (χ4n) is 2.58. The van der Waals surface area contributed by atoms with Crippen LogP contribution in [0.4, 0.5) is 0 Å². The van der Waals surface area contributed by atoms with Crippen molar-refractivity contribution in [1.82, 2.24) is 4.90 Å². The van der Waals surface area contributed by atoms with Crippen molar-refractivity contribution in [3.05, 3.63) is 33.8 Å². The Hall–Kier alpha value is -1.39. The van der Waals surface area contributed by atoms with Crippen molar-refractivity contribution in [1.29, 1.82) is 0 Å². The lowest BCUT2D eigenvalue weighted by Gasteiger charge is -2.22. The first-order valence-electron chi connectivity index (χ1n) is 6.76.